The first kappa shape index (κ1) is 15.0. The lowest BCUT2D eigenvalue weighted by Gasteiger charge is -2.36. The lowest BCUT2D eigenvalue weighted by molar-refractivity contribution is -0.141. The molecule has 0 aromatic heterocycles. The molecule has 0 saturated heterocycles. The molecule has 0 fully saturated rings. The van der Waals surface area contributed by atoms with Gasteiger partial charge in [0.1, 0.15) is 0 Å². The summed E-state index contributed by atoms with van der Waals surface area (Å²) >= 11 is 0. The summed E-state index contributed by atoms with van der Waals surface area (Å²) in [6, 6.07) is 0. The molecule has 0 radical (unpaired) electrons. The maximum Gasteiger partial charge on any atom is 0.302 e. The van der Waals surface area contributed by atoms with Crippen LogP contribution in [0.5, 0.6) is 0 Å². The first-order valence-corrected chi connectivity index (χ1v) is 5.97. The third kappa shape index (κ3) is 3.97. The van der Waals surface area contributed by atoms with Crippen LogP contribution in [0.25, 0.3) is 0 Å². The second-order valence-corrected chi connectivity index (χ2v) is 4.36. The average Bonchev–Trinajstić information content (AvgIpc) is 2.29. The Morgan fingerprint density at radius 2 is 2.05 bits per heavy atom. The minimum Gasteiger partial charge on any atom is -0.466 e. The van der Waals surface area contributed by atoms with E-state index in [2.05, 4.69) is 10.6 Å². The first-order valence-electron chi connectivity index (χ1n) is 5.97. The maximum absolute atomic E-state index is 12.1. The average molecular weight is 269 g/mol. The van der Waals surface area contributed by atoms with Gasteiger partial charge in [0.05, 0.1) is 6.61 Å². The van der Waals surface area contributed by atoms with Crippen molar-refractivity contribution < 1.29 is 19.1 Å². The molecule has 1 atom stereocenters. The van der Waals surface area contributed by atoms with E-state index < -0.39 is 6.29 Å². The molecular weight excluding hydrogens is 250 g/mol. The Balaban J connectivity index is 2.73. The van der Waals surface area contributed by atoms with Crippen LogP contribution in [0.1, 0.15) is 27.2 Å². The first-order chi connectivity index (χ1) is 8.82. The maximum atomic E-state index is 12.1. The fraction of sp³-hybridized carbons (Fsp3) is 0.583. The summed E-state index contributed by atoms with van der Waals surface area (Å²) in [7, 11) is 1.59. The number of likely N-dealkylation sites (N-methyl/N-ethyl adjacent to an activating group) is 1. The van der Waals surface area contributed by atoms with Gasteiger partial charge in [-0.15, -0.1) is 0 Å². The normalized spacial score (nSPS) is 19.1. The van der Waals surface area contributed by atoms with Crippen molar-refractivity contribution in [3.8, 4) is 0 Å². The van der Waals surface area contributed by atoms with Crippen LogP contribution >= 0.6 is 0 Å². The molecule has 1 aliphatic rings. The predicted molar refractivity (Wildman–Crippen MR) is 67.5 cm³/mol. The summed E-state index contributed by atoms with van der Waals surface area (Å²) in [5.41, 5.74) is 1.22. The zero-order valence-electron chi connectivity index (χ0n) is 11.6. The van der Waals surface area contributed by atoms with Crippen LogP contribution in [0.2, 0.25) is 0 Å². The van der Waals surface area contributed by atoms with Crippen LogP contribution in [0.3, 0.4) is 0 Å². The molecule has 7 nitrogen and oxygen atoms in total. The molecule has 2 N–H and O–H groups in total. The zero-order valence-corrected chi connectivity index (χ0v) is 11.6. The number of amides is 2. The highest BCUT2D eigenvalue weighted by atomic mass is 16.5. The second-order valence-electron chi connectivity index (χ2n) is 4.36. The third-order valence-corrected chi connectivity index (χ3v) is 2.77. The van der Waals surface area contributed by atoms with E-state index in [4.69, 9.17) is 4.74 Å². The number of rotatable bonds is 4. The zero-order chi connectivity index (χ0) is 14.6. The van der Waals surface area contributed by atoms with E-state index in [1.807, 2.05) is 0 Å². The van der Waals surface area contributed by atoms with Crippen molar-refractivity contribution in [1.82, 2.24) is 15.5 Å². The molecule has 0 aromatic carbocycles. The van der Waals surface area contributed by atoms with Gasteiger partial charge in [-0.2, -0.15) is 0 Å². The Morgan fingerprint density at radius 3 is 2.58 bits per heavy atom. The molecule has 0 spiro atoms. The highest BCUT2D eigenvalue weighted by Gasteiger charge is 2.29. The quantitative estimate of drug-likeness (QED) is 0.684. The molecule has 0 aromatic rings. The van der Waals surface area contributed by atoms with Crippen LogP contribution in [0.4, 0.5) is 0 Å². The molecular formula is C12H19N3O4. The number of nitrogens with one attached hydrogen (secondary N) is 2. The Labute approximate surface area is 112 Å². The fourth-order valence-electron chi connectivity index (χ4n) is 1.80. The van der Waals surface area contributed by atoms with Gasteiger partial charge in [0.2, 0.25) is 5.91 Å². The number of hydrogen-bond acceptors (Lipinski definition) is 5. The van der Waals surface area contributed by atoms with E-state index >= 15 is 0 Å². The van der Waals surface area contributed by atoms with E-state index in [0.29, 0.717) is 17.7 Å². The minimum atomic E-state index is -0.553. The third-order valence-electron chi connectivity index (χ3n) is 2.77. The minimum absolute atomic E-state index is 0.161. The van der Waals surface area contributed by atoms with Crippen molar-refractivity contribution >= 4 is 17.8 Å². The molecule has 19 heavy (non-hydrogen) atoms. The van der Waals surface area contributed by atoms with Gasteiger partial charge >= 0.3 is 5.97 Å². The summed E-state index contributed by atoms with van der Waals surface area (Å²) in [6.45, 7) is 4.62. The number of carbonyl (C=O) groups excluding carboxylic acids is 3. The number of esters is 1. The van der Waals surface area contributed by atoms with Crippen LogP contribution in [0.15, 0.2) is 11.3 Å². The molecule has 0 bridgehead atoms. The monoisotopic (exact) mass is 269 g/mol. The molecule has 7 heteroatoms. The Hall–Kier alpha value is -2.05. The van der Waals surface area contributed by atoms with Crippen molar-refractivity contribution in [2.24, 2.45) is 0 Å². The summed E-state index contributed by atoms with van der Waals surface area (Å²) in [5, 5.41) is 5.65. The van der Waals surface area contributed by atoms with Crippen molar-refractivity contribution in [3.63, 3.8) is 0 Å². The van der Waals surface area contributed by atoms with E-state index in [9.17, 15) is 14.4 Å². The summed E-state index contributed by atoms with van der Waals surface area (Å²) in [6.07, 6.45) is -0.212. The molecule has 0 aliphatic carbocycles. The Morgan fingerprint density at radius 1 is 1.42 bits per heavy atom. The molecule has 1 unspecified atom stereocenters. The van der Waals surface area contributed by atoms with Crippen molar-refractivity contribution in [2.45, 2.75) is 33.5 Å². The van der Waals surface area contributed by atoms with E-state index in [-0.39, 0.29) is 24.4 Å². The topological polar surface area (TPSA) is 87.7 Å². The van der Waals surface area contributed by atoms with E-state index in [0.717, 1.165) is 0 Å². The van der Waals surface area contributed by atoms with Gasteiger partial charge in [0.15, 0.2) is 6.29 Å². The van der Waals surface area contributed by atoms with Crippen LogP contribution in [-0.4, -0.2) is 42.6 Å². The predicted octanol–water partition coefficient (Wildman–Crippen LogP) is -0.305. The molecule has 1 rings (SSSR count). The van der Waals surface area contributed by atoms with Gasteiger partial charge in [-0.05, 0) is 6.92 Å². The van der Waals surface area contributed by atoms with Gasteiger partial charge in [-0.3, -0.25) is 14.4 Å². The van der Waals surface area contributed by atoms with Gasteiger partial charge in [-0.1, -0.05) is 0 Å². The molecule has 1 aliphatic heterocycles. The van der Waals surface area contributed by atoms with Gasteiger partial charge in [0, 0.05) is 38.6 Å². The molecule has 1 heterocycles. The van der Waals surface area contributed by atoms with Crippen molar-refractivity contribution in [2.75, 3.05) is 13.7 Å². The number of nitrogens with zero attached hydrogens (tertiary/aromatic N) is 1. The molecule has 0 saturated carbocycles. The number of hydrogen-bond donors (Lipinski definition) is 2. The lowest BCUT2D eigenvalue weighted by atomic mass is 10.1. The highest BCUT2D eigenvalue weighted by molar-refractivity contribution is 5.95. The summed E-state index contributed by atoms with van der Waals surface area (Å²) in [5.74, 6) is -0.797. The Kier molecular flexibility index (Phi) is 4.91. The molecule has 2 amide bonds. The number of allylic oxidation sites excluding steroid dienone is 1. The summed E-state index contributed by atoms with van der Waals surface area (Å²) in [4.78, 5) is 35.3. The van der Waals surface area contributed by atoms with E-state index in [1.54, 1.807) is 14.0 Å². The van der Waals surface area contributed by atoms with Crippen LogP contribution in [-0.2, 0) is 19.1 Å². The number of ether oxygens (including phenoxy) is 1. The smallest absolute Gasteiger partial charge is 0.302 e. The second kappa shape index (κ2) is 6.21. The standard InChI is InChI=1S/C12H19N3O4/c1-7-10(5-6-19-9(3)17)11(18)15(4)12(13-7)14-8(2)16/h12-13H,5-6H2,1-4H3,(H,14,16). The van der Waals surface area contributed by atoms with Gasteiger partial charge in [0.25, 0.3) is 5.91 Å². The van der Waals surface area contributed by atoms with Crippen LogP contribution < -0.4 is 10.6 Å². The van der Waals surface area contributed by atoms with Crippen LogP contribution in [0, 0.1) is 0 Å². The number of carbonyl (C=O) groups is 3. The largest absolute Gasteiger partial charge is 0.466 e. The van der Waals surface area contributed by atoms with Crippen molar-refractivity contribution in [1.29, 1.82) is 0 Å². The van der Waals surface area contributed by atoms with E-state index in [1.165, 1.54) is 18.7 Å². The highest BCUT2D eigenvalue weighted by Crippen LogP contribution is 2.16. The van der Waals surface area contributed by atoms with Crippen molar-refractivity contribution in [3.05, 3.63) is 11.3 Å². The lowest BCUT2D eigenvalue weighted by Crippen LogP contribution is -2.59. The van der Waals surface area contributed by atoms with Gasteiger partial charge < -0.3 is 20.3 Å². The SMILES string of the molecule is CC(=O)NC1NC(C)=C(CCOC(C)=O)C(=O)N1C. The summed E-state index contributed by atoms with van der Waals surface area (Å²) < 4.78 is 4.83. The fourth-order valence-corrected chi connectivity index (χ4v) is 1.80. The Bertz CT molecular complexity index is 431. The van der Waals surface area contributed by atoms with Gasteiger partial charge in [-0.25, -0.2) is 0 Å². The molecule has 106 valence electrons.